The predicted octanol–water partition coefficient (Wildman–Crippen LogP) is -0.0833. The lowest BCUT2D eigenvalue weighted by Gasteiger charge is -1.78. The molecule has 0 rings (SSSR count). The number of hydrogen-bond acceptors (Lipinski definition) is 4. The highest BCUT2D eigenvalue weighted by Crippen LogP contribution is 1.85. The molecule has 15 heavy (non-hydrogen) atoms. The molecule has 0 unspecified atom stereocenters. The number of carbonyl (C=O) groups excluding carboxylic acids is 2. The Morgan fingerprint density at radius 2 is 1.00 bits per heavy atom. The lowest BCUT2D eigenvalue weighted by Crippen LogP contribution is -1.76. The lowest BCUT2D eigenvalue weighted by atomic mass is 10.3. The molecule has 0 spiro atoms. The maximum atomic E-state index is 9.56. The first-order chi connectivity index (χ1) is 6.88. The van der Waals surface area contributed by atoms with Gasteiger partial charge in [0.15, 0.2) is 0 Å². The molecule has 0 aromatic rings. The molecule has 0 aromatic carbocycles. The van der Waals surface area contributed by atoms with Crippen LogP contribution in [0.3, 0.4) is 0 Å². The van der Waals surface area contributed by atoms with Crippen molar-refractivity contribution >= 4 is 35.3 Å². The molecule has 0 amide bonds. The molecule has 0 aliphatic heterocycles. The van der Waals surface area contributed by atoms with Crippen molar-refractivity contribution in [2.75, 3.05) is 0 Å². The average Bonchev–Trinajstić information content (AvgIpc) is 2.03. The molecule has 0 radical (unpaired) electrons. The quantitative estimate of drug-likeness (QED) is 0.313. The third-order valence-electron chi connectivity index (χ3n) is 0.644. The molecule has 8 nitrogen and oxygen atoms in total. The van der Waals surface area contributed by atoms with Gasteiger partial charge >= 0.3 is 0 Å². The highest BCUT2D eigenvalue weighted by atomic mass is 32.2. The summed E-state index contributed by atoms with van der Waals surface area (Å²) in [5, 5.41) is 0. The maximum absolute atomic E-state index is 9.56. The van der Waals surface area contributed by atoms with Gasteiger partial charge in [0.05, 0.1) is 0 Å². The number of carbonyl (C=O) groups is 2. The van der Waals surface area contributed by atoms with Crippen LogP contribution in [0.25, 0.3) is 0 Å². The van der Waals surface area contributed by atoms with E-state index >= 15 is 0 Å². The van der Waals surface area contributed by atoms with Gasteiger partial charge in [-0.1, -0.05) is 0 Å². The summed E-state index contributed by atoms with van der Waals surface area (Å²) in [5.41, 5.74) is 0. The minimum atomic E-state index is -2.61. The van der Waals surface area contributed by atoms with Crippen LogP contribution in [0, 0.1) is 0 Å². The Labute approximate surface area is 91.3 Å². The van der Waals surface area contributed by atoms with Gasteiger partial charge in [-0.3, -0.25) is 18.2 Å². The number of hydrogen-bond donors (Lipinski definition) is 4. The Balaban J connectivity index is -0.000000155. The van der Waals surface area contributed by atoms with Gasteiger partial charge in [-0.15, -0.1) is 0 Å². The molecule has 0 saturated heterocycles. The van der Waals surface area contributed by atoms with Gasteiger partial charge in [0, 0.05) is 12.8 Å². The monoisotopic (exact) mass is 264 g/mol. The Morgan fingerprint density at radius 1 is 0.800 bits per heavy atom. The van der Waals surface area contributed by atoms with E-state index in [1.54, 1.807) is 0 Å². The lowest BCUT2D eigenvalue weighted by molar-refractivity contribution is -0.108. The van der Waals surface area contributed by atoms with E-state index in [0.29, 0.717) is 19.3 Å². The molecule has 10 heteroatoms. The van der Waals surface area contributed by atoms with E-state index in [9.17, 15) is 9.59 Å². The topological polar surface area (TPSA) is 149 Å². The largest absolute Gasteiger partial charge is 0.303 e. The third-order valence-corrected chi connectivity index (χ3v) is 0.644. The standard InChI is InChI=1S/C5H8O2.2H2O3S/c6-4-2-1-3-5-7;2*1-4(2)3/h4-5H,1-3H2;2*(H2,1,2,3). The van der Waals surface area contributed by atoms with Crippen molar-refractivity contribution < 1.29 is 36.2 Å². The fraction of sp³-hybridized carbons (Fsp3) is 0.600. The molecule has 0 aliphatic carbocycles. The molecule has 0 aliphatic rings. The average molecular weight is 264 g/mol. The first-order valence-electron chi connectivity index (χ1n) is 3.35. The van der Waals surface area contributed by atoms with E-state index in [2.05, 4.69) is 0 Å². The first kappa shape index (κ1) is 20.0. The van der Waals surface area contributed by atoms with Crippen molar-refractivity contribution in [2.45, 2.75) is 19.3 Å². The van der Waals surface area contributed by atoms with Crippen LogP contribution < -0.4 is 0 Å². The molecular weight excluding hydrogens is 252 g/mol. The normalized spacial score (nSPS) is 8.40. The molecule has 0 fully saturated rings. The molecular formula is C5H12O8S2. The summed E-state index contributed by atoms with van der Waals surface area (Å²) in [7, 11) is 0. The van der Waals surface area contributed by atoms with Crippen molar-refractivity contribution in [3.63, 3.8) is 0 Å². The van der Waals surface area contributed by atoms with Gasteiger partial charge in [0.25, 0.3) is 22.7 Å². The zero-order chi connectivity index (χ0) is 12.7. The van der Waals surface area contributed by atoms with Crippen molar-refractivity contribution in [2.24, 2.45) is 0 Å². The summed E-state index contributed by atoms with van der Waals surface area (Å²) in [6, 6.07) is 0. The van der Waals surface area contributed by atoms with Crippen LogP contribution in [-0.2, 0) is 32.3 Å². The fourth-order valence-corrected chi connectivity index (χ4v) is 0.285. The maximum Gasteiger partial charge on any atom is 0.299 e. The van der Waals surface area contributed by atoms with Crippen molar-refractivity contribution in [3.05, 3.63) is 0 Å². The number of aldehydes is 2. The Hall–Kier alpha value is -0.520. The highest BCUT2D eigenvalue weighted by molar-refractivity contribution is 7.73. The summed E-state index contributed by atoms with van der Waals surface area (Å²) in [4.78, 5) is 19.1. The third kappa shape index (κ3) is 147. The van der Waals surface area contributed by atoms with Crippen LogP contribution in [0.1, 0.15) is 19.3 Å². The second-order valence-electron chi connectivity index (χ2n) is 1.73. The zero-order valence-corrected chi connectivity index (χ0v) is 9.15. The highest BCUT2D eigenvalue weighted by Gasteiger charge is 1.80. The summed E-state index contributed by atoms with van der Waals surface area (Å²) in [5.74, 6) is 0. The van der Waals surface area contributed by atoms with Crippen LogP contribution >= 0.6 is 0 Å². The van der Waals surface area contributed by atoms with Gasteiger partial charge in [-0.25, -0.2) is 0 Å². The molecule has 0 saturated carbocycles. The van der Waals surface area contributed by atoms with E-state index in [0.717, 1.165) is 12.6 Å². The van der Waals surface area contributed by atoms with Gasteiger partial charge in [-0.05, 0) is 6.42 Å². The van der Waals surface area contributed by atoms with E-state index in [1.807, 2.05) is 0 Å². The van der Waals surface area contributed by atoms with E-state index < -0.39 is 22.7 Å². The van der Waals surface area contributed by atoms with Crippen LogP contribution in [0.5, 0.6) is 0 Å². The van der Waals surface area contributed by atoms with Gasteiger partial charge in [-0.2, -0.15) is 8.42 Å². The van der Waals surface area contributed by atoms with Gasteiger partial charge in [0.1, 0.15) is 12.6 Å². The fourth-order valence-electron chi connectivity index (χ4n) is 0.285. The van der Waals surface area contributed by atoms with E-state index in [-0.39, 0.29) is 0 Å². The zero-order valence-electron chi connectivity index (χ0n) is 7.51. The Bertz CT molecular complexity index is 165. The SMILES string of the molecule is O=CCCCC=O.O=S(O)O.O=S(O)O. The second kappa shape index (κ2) is 19.1. The first-order valence-corrected chi connectivity index (χ1v) is 5.48. The molecule has 0 bridgehead atoms. The van der Waals surface area contributed by atoms with Crippen LogP contribution in [0.2, 0.25) is 0 Å². The van der Waals surface area contributed by atoms with Crippen molar-refractivity contribution in [1.82, 2.24) is 0 Å². The minimum Gasteiger partial charge on any atom is -0.303 e. The molecule has 4 N–H and O–H groups in total. The summed E-state index contributed by atoms with van der Waals surface area (Å²) in [6.45, 7) is 0. The smallest absolute Gasteiger partial charge is 0.299 e. The predicted molar refractivity (Wildman–Crippen MR) is 52.8 cm³/mol. The molecule has 92 valence electrons. The van der Waals surface area contributed by atoms with Crippen molar-refractivity contribution in [1.29, 1.82) is 0 Å². The Kier molecular flexibility index (Phi) is 25.4. The van der Waals surface area contributed by atoms with Crippen molar-refractivity contribution in [3.8, 4) is 0 Å². The number of rotatable bonds is 4. The summed E-state index contributed by atoms with van der Waals surface area (Å²) in [6.07, 6.45) is 3.37. The van der Waals surface area contributed by atoms with E-state index in [4.69, 9.17) is 26.6 Å². The van der Waals surface area contributed by atoms with E-state index in [1.165, 1.54) is 0 Å². The van der Waals surface area contributed by atoms with Crippen LogP contribution in [0.4, 0.5) is 0 Å². The second-order valence-corrected chi connectivity index (χ2v) is 2.65. The number of unbranched alkanes of at least 4 members (excludes halogenated alkanes) is 2. The molecule has 0 atom stereocenters. The van der Waals surface area contributed by atoms with Crippen LogP contribution in [0.15, 0.2) is 0 Å². The summed E-state index contributed by atoms with van der Waals surface area (Å²) < 4.78 is 45.7. The molecule has 0 aromatic heterocycles. The van der Waals surface area contributed by atoms with Crippen LogP contribution in [-0.4, -0.2) is 39.2 Å². The minimum absolute atomic E-state index is 0.513. The summed E-state index contributed by atoms with van der Waals surface area (Å²) >= 11 is -5.22. The van der Waals surface area contributed by atoms with Gasteiger partial charge in [0.2, 0.25) is 0 Å². The van der Waals surface area contributed by atoms with Gasteiger partial charge < -0.3 is 9.59 Å². The Morgan fingerprint density at radius 3 is 1.13 bits per heavy atom. The molecule has 0 heterocycles.